The summed E-state index contributed by atoms with van der Waals surface area (Å²) in [6, 6.07) is -0.0675. The zero-order valence-corrected chi connectivity index (χ0v) is 10.4. The van der Waals surface area contributed by atoms with E-state index in [-0.39, 0.29) is 11.9 Å². The van der Waals surface area contributed by atoms with E-state index in [0.717, 1.165) is 17.0 Å². The van der Waals surface area contributed by atoms with E-state index in [4.69, 9.17) is 0 Å². The molecule has 1 atom stereocenters. The molecule has 0 radical (unpaired) electrons. The van der Waals surface area contributed by atoms with Gasteiger partial charge < -0.3 is 5.32 Å². The Hall–Kier alpha value is -1.76. The second-order valence-corrected chi connectivity index (χ2v) is 3.78. The largest absolute Gasteiger partial charge is 0.339 e. The number of nitrogens with one attached hydrogen (secondary N) is 1. The molecule has 16 heavy (non-hydrogen) atoms. The molecular weight excluding hydrogens is 202 g/mol. The summed E-state index contributed by atoms with van der Waals surface area (Å²) < 4.78 is 1.82. The number of nitrogens with zero attached hydrogens (tertiary/aromatic N) is 2. The highest BCUT2D eigenvalue weighted by Gasteiger charge is 2.17. The summed E-state index contributed by atoms with van der Waals surface area (Å²) in [5.74, 6) is 4.79. The highest BCUT2D eigenvalue weighted by atomic mass is 16.1. The summed E-state index contributed by atoms with van der Waals surface area (Å²) in [6.07, 6.45) is 0. The van der Waals surface area contributed by atoms with Crippen LogP contribution in [0.4, 0.5) is 0 Å². The lowest BCUT2D eigenvalue weighted by Crippen LogP contribution is -2.25. The molecule has 1 aromatic heterocycles. The van der Waals surface area contributed by atoms with Crippen molar-refractivity contribution in [2.45, 2.75) is 33.7 Å². The maximum atomic E-state index is 11.3. The topological polar surface area (TPSA) is 46.9 Å². The maximum absolute atomic E-state index is 11.3. The van der Waals surface area contributed by atoms with Crippen LogP contribution in [0.1, 0.15) is 36.8 Å². The highest BCUT2D eigenvalue weighted by molar-refractivity contribution is 5.93. The molecule has 0 aromatic carbocycles. The molecule has 0 aliphatic heterocycles. The Kier molecular flexibility index (Phi) is 3.73. The quantitative estimate of drug-likeness (QED) is 0.761. The molecule has 1 heterocycles. The minimum absolute atomic E-state index is 0.0675. The molecular formula is C12H17N3O. The molecule has 4 nitrogen and oxygen atoms in total. The van der Waals surface area contributed by atoms with Crippen LogP contribution in [-0.4, -0.2) is 15.7 Å². The van der Waals surface area contributed by atoms with E-state index >= 15 is 0 Å². The fraction of sp³-hybridized carbons (Fsp3) is 0.500. The second kappa shape index (κ2) is 4.84. The van der Waals surface area contributed by atoms with Crippen LogP contribution in [0.15, 0.2) is 0 Å². The summed E-state index contributed by atoms with van der Waals surface area (Å²) >= 11 is 0. The number of carbonyl (C=O) groups excluding carboxylic acids is 1. The van der Waals surface area contributed by atoms with Crippen molar-refractivity contribution in [3.05, 3.63) is 17.0 Å². The third kappa shape index (κ3) is 2.43. The summed E-state index contributed by atoms with van der Waals surface area (Å²) in [4.78, 5) is 11.3. The van der Waals surface area contributed by atoms with Gasteiger partial charge in [-0.1, -0.05) is 5.92 Å². The smallest absolute Gasteiger partial charge is 0.296 e. The Morgan fingerprint density at radius 2 is 2.12 bits per heavy atom. The third-order valence-electron chi connectivity index (χ3n) is 2.58. The van der Waals surface area contributed by atoms with E-state index in [9.17, 15) is 4.79 Å². The molecule has 0 bridgehead atoms. The predicted molar refractivity (Wildman–Crippen MR) is 62.7 cm³/mol. The van der Waals surface area contributed by atoms with Gasteiger partial charge in [0.05, 0.1) is 11.7 Å². The summed E-state index contributed by atoms with van der Waals surface area (Å²) in [5.41, 5.74) is 3.07. The number of hydrogen-bond acceptors (Lipinski definition) is 2. The average molecular weight is 219 g/mol. The zero-order valence-electron chi connectivity index (χ0n) is 10.4. The van der Waals surface area contributed by atoms with E-state index in [1.165, 1.54) is 0 Å². The van der Waals surface area contributed by atoms with Crippen LogP contribution in [-0.2, 0) is 11.8 Å². The van der Waals surface area contributed by atoms with Crippen LogP contribution in [0.2, 0.25) is 0 Å². The van der Waals surface area contributed by atoms with Gasteiger partial charge in [-0.15, -0.1) is 0 Å². The normalized spacial score (nSPS) is 11.6. The van der Waals surface area contributed by atoms with E-state index in [1.807, 2.05) is 32.5 Å². The van der Waals surface area contributed by atoms with Crippen molar-refractivity contribution in [1.82, 2.24) is 15.1 Å². The first kappa shape index (κ1) is 12.3. The fourth-order valence-corrected chi connectivity index (χ4v) is 1.84. The van der Waals surface area contributed by atoms with E-state index in [1.54, 1.807) is 6.92 Å². The van der Waals surface area contributed by atoms with Crippen molar-refractivity contribution in [3.8, 4) is 11.8 Å². The Morgan fingerprint density at radius 1 is 1.50 bits per heavy atom. The van der Waals surface area contributed by atoms with Crippen LogP contribution in [0.5, 0.6) is 0 Å². The molecule has 0 fully saturated rings. The molecule has 1 unspecified atom stereocenters. The van der Waals surface area contributed by atoms with Crippen molar-refractivity contribution in [2.75, 3.05) is 0 Å². The minimum atomic E-state index is -0.252. The van der Waals surface area contributed by atoms with Crippen LogP contribution in [0, 0.1) is 25.7 Å². The van der Waals surface area contributed by atoms with E-state index in [0.29, 0.717) is 0 Å². The standard InChI is InChI=1S/C12H17N3O/c1-6-7-11(16)13-8(2)12-9(3)14-15(5)10(12)4/h8H,1-5H3,(H,13,16). The molecule has 0 spiro atoms. The number of hydrogen-bond donors (Lipinski definition) is 1. The summed E-state index contributed by atoms with van der Waals surface area (Å²) in [6.45, 7) is 7.51. The zero-order chi connectivity index (χ0) is 12.3. The number of amides is 1. The van der Waals surface area contributed by atoms with E-state index < -0.39 is 0 Å². The van der Waals surface area contributed by atoms with Crippen molar-refractivity contribution < 1.29 is 4.79 Å². The molecule has 0 aliphatic rings. The van der Waals surface area contributed by atoms with Gasteiger partial charge in [0.2, 0.25) is 0 Å². The van der Waals surface area contributed by atoms with Gasteiger partial charge in [0.15, 0.2) is 0 Å². The van der Waals surface area contributed by atoms with Crippen LogP contribution >= 0.6 is 0 Å². The number of aromatic nitrogens is 2. The Labute approximate surface area is 96.0 Å². The van der Waals surface area contributed by atoms with Crippen molar-refractivity contribution in [2.24, 2.45) is 7.05 Å². The van der Waals surface area contributed by atoms with Crippen LogP contribution in [0.3, 0.4) is 0 Å². The van der Waals surface area contributed by atoms with Gasteiger partial charge in [-0.3, -0.25) is 9.48 Å². The summed E-state index contributed by atoms with van der Waals surface area (Å²) in [7, 11) is 1.90. The molecule has 1 N–H and O–H groups in total. The first-order valence-electron chi connectivity index (χ1n) is 5.20. The van der Waals surface area contributed by atoms with Gasteiger partial charge in [0.25, 0.3) is 5.91 Å². The molecule has 1 aromatic rings. The first-order chi connectivity index (χ1) is 7.47. The first-order valence-corrected chi connectivity index (χ1v) is 5.20. The minimum Gasteiger partial charge on any atom is -0.339 e. The van der Waals surface area contributed by atoms with Crippen molar-refractivity contribution in [1.29, 1.82) is 0 Å². The van der Waals surface area contributed by atoms with Crippen LogP contribution < -0.4 is 5.32 Å². The monoisotopic (exact) mass is 219 g/mol. The Balaban J connectivity index is 2.91. The Bertz CT molecular complexity index is 463. The van der Waals surface area contributed by atoms with Gasteiger partial charge in [-0.2, -0.15) is 5.10 Å². The molecule has 0 saturated heterocycles. The maximum Gasteiger partial charge on any atom is 0.296 e. The van der Waals surface area contributed by atoms with Gasteiger partial charge in [0, 0.05) is 18.3 Å². The number of rotatable bonds is 2. The molecule has 0 saturated carbocycles. The molecule has 0 aliphatic carbocycles. The highest BCUT2D eigenvalue weighted by Crippen LogP contribution is 2.20. The Morgan fingerprint density at radius 3 is 2.56 bits per heavy atom. The molecule has 4 heteroatoms. The lowest BCUT2D eigenvalue weighted by molar-refractivity contribution is -0.116. The molecule has 1 rings (SSSR count). The lowest BCUT2D eigenvalue weighted by Gasteiger charge is -2.12. The van der Waals surface area contributed by atoms with E-state index in [2.05, 4.69) is 22.3 Å². The third-order valence-corrected chi connectivity index (χ3v) is 2.58. The van der Waals surface area contributed by atoms with Gasteiger partial charge >= 0.3 is 0 Å². The molecule has 86 valence electrons. The predicted octanol–water partition coefficient (Wildman–Crippen LogP) is 1.24. The van der Waals surface area contributed by atoms with Crippen molar-refractivity contribution in [3.63, 3.8) is 0 Å². The van der Waals surface area contributed by atoms with Crippen LogP contribution in [0.25, 0.3) is 0 Å². The lowest BCUT2D eigenvalue weighted by atomic mass is 10.1. The average Bonchev–Trinajstić information content (AvgIpc) is 2.41. The summed E-state index contributed by atoms with van der Waals surface area (Å²) in [5, 5.41) is 7.14. The SMILES string of the molecule is CC#CC(=O)NC(C)c1c(C)nn(C)c1C. The fourth-order valence-electron chi connectivity index (χ4n) is 1.84. The van der Waals surface area contributed by atoms with Gasteiger partial charge in [-0.05, 0) is 33.6 Å². The van der Waals surface area contributed by atoms with Gasteiger partial charge in [-0.25, -0.2) is 0 Å². The number of aryl methyl sites for hydroxylation is 2. The van der Waals surface area contributed by atoms with Crippen molar-refractivity contribution >= 4 is 5.91 Å². The van der Waals surface area contributed by atoms with Gasteiger partial charge in [0.1, 0.15) is 0 Å². The molecule has 1 amide bonds. The number of carbonyl (C=O) groups is 1. The second-order valence-electron chi connectivity index (χ2n) is 3.78.